The third kappa shape index (κ3) is 3.02. The van der Waals surface area contributed by atoms with E-state index in [1.54, 1.807) is 0 Å². The Balaban J connectivity index is 1.70. The Bertz CT molecular complexity index is 578. The summed E-state index contributed by atoms with van der Waals surface area (Å²) in [5.74, 6) is 1.78. The number of rotatable bonds is 4. The summed E-state index contributed by atoms with van der Waals surface area (Å²) in [5, 5.41) is 4.67. The summed E-state index contributed by atoms with van der Waals surface area (Å²) in [6, 6.07) is 7.55. The molecule has 0 spiro atoms. The van der Waals surface area contributed by atoms with E-state index in [2.05, 4.69) is 10.1 Å². The van der Waals surface area contributed by atoms with Gasteiger partial charge in [0.15, 0.2) is 0 Å². The number of benzene rings is 1. The van der Waals surface area contributed by atoms with Crippen molar-refractivity contribution in [2.24, 2.45) is 11.7 Å². The molecule has 1 aromatic heterocycles. The van der Waals surface area contributed by atoms with Crippen molar-refractivity contribution in [3.05, 3.63) is 35.2 Å². The molecule has 1 aliphatic rings. The number of nitrogens with zero attached hydrogens (tertiary/aromatic N) is 2. The summed E-state index contributed by atoms with van der Waals surface area (Å²) in [6.07, 6.45) is 5.66. The van der Waals surface area contributed by atoms with Gasteiger partial charge in [-0.2, -0.15) is 4.98 Å². The maximum Gasteiger partial charge on any atom is 0.228 e. The third-order valence-corrected chi connectivity index (χ3v) is 4.20. The smallest absolute Gasteiger partial charge is 0.228 e. The molecular weight excluding hydrogens is 274 g/mol. The molecule has 20 heavy (non-hydrogen) atoms. The van der Waals surface area contributed by atoms with E-state index in [4.69, 9.17) is 21.9 Å². The van der Waals surface area contributed by atoms with Gasteiger partial charge in [-0.3, -0.25) is 0 Å². The average Bonchev–Trinajstić information content (AvgIpc) is 3.10. The van der Waals surface area contributed by atoms with E-state index in [-0.39, 0.29) is 6.04 Å². The minimum absolute atomic E-state index is 0.116. The van der Waals surface area contributed by atoms with Crippen molar-refractivity contribution in [1.82, 2.24) is 10.1 Å². The maximum atomic E-state index is 6.23. The highest BCUT2D eigenvalue weighted by Gasteiger charge is 2.24. The van der Waals surface area contributed by atoms with Crippen molar-refractivity contribution in [2.75, 3.05) is 0 Å². The van der Waals surface area contributed by atoms with E-state index in [1.807, 2.05) is 24.3 Å². The van der Waals surface area contributed by atoms with Crippen molar-refractivity contribution in [2.45, 2.75) is 38.1 Å². The van der Waals surface area contributed by atoms with E-state index in [9.17, 15) is 0 Å². The lowest BCUT2D eigenvalue weighted by Gasteiger charge is -2.16. The lowest BCUT2D eigenvalue weighted by molar-refractivity contribution is 0.341. The van der Waals surface area contributed by atoms with E-state index < -0.39 is 0 Å². The van der Waals surface area contributed by atoms with Crippen LogP contribution in [0, 0.1) is 5.92 Å². The molecule has 3 rings (SSSR count). The van der Waals surface area contributed by atoms with Gasteiger partial charge in [-0.05, 0) is 30.9 Å². The molecule has 1 aromatic carbocycles. The van der Waals surface area contributed by atoms with Gasteiger partial charge in [0.25, 0.3) is 0 Å². The van der Waals surface area contributed by atoms with Crippen LogP contribution in [0.1, 0.15) is 31.6 Å². The van der Waals surface area contributed by atoms with E-state index >= 15 is 0 Å². The molecule has 2 aromatic rings. The number of nitrogens with two attached hydrogens (primary N) is 1. The van der Waals surface area contributed by atoms with Crippen LogP contribution >= 0.6 is 11.6 Å². The highest BCUT2D eigenvalue weighted by atomic mass is 35.5. The second kappa shape index (κ2) is 5.94. The van der Waals surface area contributed by atoms with E-state index in [0.717, 1.165) is 5.56 Å². The number of hydrogen-bond acceptors (Lipinski definition) is 4. The monoisotopic (exact) mass is 291 g/mol. The number of hydrogen-bond donors (Lipinski definition) is 1. The Morgan fingerprint density at radius 2 is 2.15 bits per heavy atom. The average molecular weight is 292 g/mol. The minimum Gasteiger partial charge on any atom is -0.339 e. The summed E-state index contributed by atoms with van der Waals surface area (Å²) in [7, 11) is 0. The van der Waals surface area contributed by atoms with Crippen LogP contribution in [-0.4, -0.2) is 16.2 Å². The van der Waals surface area contributed by atoms with Gasteiger partial charge in [0.2, 0.25) is 11.7 Å². The van der Waals surface area contributed by atoms with Gasteiger partial charge in [-0.1, -0.05) is 41.7 Å². The predicted molar refractivity (Wildman–Crippen MR) is 78.4 cm³/mol. The largest absolute Gasteiger partial charge is 0.339 e. The Morgan fingerprint density at radius 3 is 2.90 bits per heavy atom. The van der Waals surface area contributed by atoms with Crippen molar-refractivity contribution in [3.8, 4) is 11.4 Å². The van der Waals surface area contributed by atoms with Gasteiger partial charge >= 0.3 is 0 Å². The van der Waals surface area contributed by atoms with Crippen LogP contribution < -0.4 is 5.73 Å². The number of halogens is 1. The van der Waals surface area contributed by atoms with Crippen LogP contribution in [0.5, 0.6) is 0 Å². The Labute approximate surface area is 123 Å². The predicted octanol–water partition coefficient (Wildman–Crippen LogP) is 3.45. The van der Waals surface area contributed by atoms with Gasteiger partial charge in [-0.25, -0.2) is 0 Å². The van der Waals surface area contributed by atoms with Gasteiger partial charge in [0.1, 0.15) is 0 Å². The minimum atomic E-state index is 0.116. The molecule has 1 heterocycles. The SMILES string of the molecule is NC(Cc1nc(-c2cccc(Cl)c2)no1)C1CCCC1. The zero-order valence-electron chi connectivity index (χ0n) is 11.3. The lowest BCUT2D eigenvalue weighted by Crippen LogP contribution is -2.30. The van der Waals surface area contributed by atoms with Gasteiger partial charge in [0.05, 0.1) is 0 Å². The molecule has 1 aliphatic carbocycles. The molecule has 2 N–H and O–H groups in total. The second-order valence-electron chi connectivity index (χ2n) is 5.43. The zero-order chi connectivity index (χ0) is 13.9. The summed E-state index contributed by atoms with van der Waals surface area (Å²) < 4.78 is 5.30. The third-order valence-electron chi connectivity index (χ3n) is 3.97. The normalized spacial score (nSPS) is 17.5. The molecule has 5 heteroatoms. The van der Waals surface area contributed by atoms with Gasteiger partial charge in [-0.15, -0.1) is 0 Å². The standard InChI is InChI=1S/C15H18ClN3O/c16-12-7-3-6-11(8-12)15-18-14(20-19-15)9-13(17)10-4-1-2-5-10/h3,6-8,10,13H,1-2,4-5,9,17H2. The summed E-state index contributed by atoms with van der Waals surface area (Å²) in [4.78, 5) is 4.42. The van der Waals surface area contributed by atoms with Crippen molar-refractivity contribution >= 4 is 11.6 Å². The Hall–Kier alpha value is -1.39. The van der Waals surface area contributed by atoms with Crippen LogP contribution in [0.2, 0.25) is 5.02 Å². The molecular formula is C15H18ClN3O. The van der Waals surface area contributed by atoms with E-state index in [0.29, 0.717) is 29.1 Å². The van der Waals surface area contributed by atoms with Gasteiger partial charge in [0, 0.05) is 23.0 Å². The van der Waals surface area contributed by atoms with Crippen LogP contribution in [0.25, 0.3) is 11.4 Å². The molecule has 0 radical (unpaired) electrons. The molecule has 1 atom stereocenters. The summed E-state index contributed by atoms with van der Waals surface area (Å²) >= 11 is 5.97. The van der Waals surface area contributed by atoms with Crippen LogP contribution in [0.3, 0.4) is 0 Å². The quantitative estimate of drug-likeness (QED) is 0.937. The molecule has 0 bridgehead atoms. The fraction of sp³-hybridized carbons (Fsp3) is 0.467. The lowest BCUT2D eigenvalue weighted by atomic mass is 9.96. The van der Waals surface area contributed by atoms with Crippen LogP contribution in [0.4, 0.5) is 0 Å². The van der Waals surface area contributed by atoms with E-state index in [1.165, 1.54) is 25.7 Å². The topological polar surface area (TPSA) is 64.9 Å². The van der Waals surface area contributed by atoms with Crippen molar-refractivity contribution < 1.29 is 4.52 Å². The van der Waals surface area contributed by atoms with Crippen molar-refractivity contribution in [3.63, 3.8) is 0 Å². The molecule has 1 fully saturated rings. The first-order valence-corrected chi connectivity index (χ1v) is 7.44. The fourth-order valence-electron chi connectivity index (χ4n) is 2.84. The highest BCUT2D eigenvalue weighted by molar-refractivity contribution is 6.30. The van der Waals surface area contributed by atoms with Crippen LogP contribution in [-0.2, 0) is 6.42 Å². The molecule has 106 valence electrons. The fourth-order valence-corrected chi connectivity index (χ4v) is 3.03. The van der Waals surface area contributed by atoms with Crippen LogP contribution in [0.15, 0.2) is 28.8 Å². The molecule has 4 nitrogen and oxygen atoms in total. The zero-order valence-corrected chi connectivity index (χ0v) is 12.0. The molecule has 0 saturated heterocycles. The van der Waals surface area contributed by atoms with Crippen molar-refractivity contribution in [1.29, 1.82) is 0 Å². The molecule has 1 saturated carbocycles. The maximum absolute atomic E-state index is 6.23. The molecule has 0 amide bonds. The Kier molecular flexibility index (Phi) is 4.03. The first-order valence-electron chi connectivity index (χ1n) is 7.06. The Morgan fingerprint density at radius 1 is 1.35 bits per heavy atom. The number of aromatic nitrogens is 2. The second-order valence-corrected chi connectivity index (χ2v) is 5.87. The molecule has 0 aliphatic heterocycles. The first-order chi connectivity index (χ1) is 9.72. The summed E-state index contributed by atoms with van der Waals surface area (Å²) in [5.41, 5.74) is 7.10. The molecule has 1 unspecified atom stereocenters. The first kappa shape index (κ1) is 13.6. The summed E-state index contributed by atoms with van der Waals surface area (Å²) in [6.45, 7) is 0. The van der Waals surface area contributed by atoms with Gasteiger partial charge < -0.3 is 10.3 Å². The highest BCUT2D eigenvalue weighted by Crippen LogP contribution is 2.28.